The molecule has 0 spiro atoms. The van der Waals surface area contributed by atoms with Crippen LogP contribution in [-0.2, 0) is 0 Å². The maximum absolute atomic E-state index is 12.4. The number of anilines is 1. The molecule has 1 atom stereocenters. The lowest BCUT2D eigenvalue weighted by Gasteiger charge is -2.14. The first-order valence-electron chi connectivity index (χ1n) is 8.97. The highest BCUT2D eigenvalue weighted by Gasteiger charge is 2.12. The quantitative estimate of drug-likeness (QED) is 0.554. The van der Waals surface area contributed by atoms with E-state index in [0.29, 0.717) is 16.8 Å². The number of benzene rings is 3. The first-order chi connectivity index (χ1) is 13.4. The lowest BCUT2D eigenvalue weighted by atomic mass is 10.1. The first-order valence-corrected chi connectivity index (χ1v) is 9.77. The van der Waals surface area contributed by atoms with Crippen molar-refractivity contribution < 1.29 is 9.59 Å². The number of amides is 2. The van der Waals surface area contributed by atoms with Gasteiger partial charge in [0.1, 0.15) is 0 Å². The zero-order chi connectivity index (χ0) is 20.1. The second-order valence-electron chi connectivity index (χ2n) is 6.60. The number of carbonyl (C=O) groups is 2. The van der Waals surface area contributed by atoms with Gasteiger partial charge in [-0.1, -0.05) is 52.3 Å². The van der Waals surface area contributed by atoms with Gasteiger partial charge in [-0.25, -0.2) is 0 Å². The molecule has 3 aromatic rings. The monoisotopic (exact) mass is 436 g/mol. The van der Waals surface area contributed by atoms with Gasteiger partial charge in [0, 0.05) is 21.3 Å². The summed E-state index contributed by atoms with van der Waals surface area (Å²) >= 11 is 3.44. The highest BCUT2D eigenvalue weighted by molar-refractivity contribution is 9.10. The van der Waals surface area contributed by atoms with Gasteiger partial charge in [0.05, 0.1) is 6.04 Å². The molecule has 0 saturated heterocycles. The predicted molar refractivity (Wildman–Crippen MR) is 116 cm³/mol. The summed E-state index contributed by atoms with van der Waals surface area (Å²) in [5.74, 6) is -0.354. The van der Waals surface area contributed by atoms with Crippen LogP contribution in [0, 0.1) is 6.92 Å². The van der Waals surface area contributed by atoms with Crippen molar-refractivity contribution in [2.24, 2.45) is 0 Å². The van der Waals surface area contributed by atoms with E-state index in [-0.39, 0.29) is 17.9 Å². The highest BCUT2D eigenvalue weighted by atomic mass is 79.9. The largest absolute Gasteiger partial charge is 0.346 e. The zero-order valence-corrected chi connectivity index (χ0v) is 17.3. The molecular weight excluding hydrogens is 416 g/mol. The number of carbonyl (C=O) groups excluding carboxylic acids is 2. The Hall–Kier alpha value is -2.92. The third-order valence-corrected chi connectivity index (χ3v) is 5.34. The van der Waals surface area contributed by atoms with Crippen LogP contribution in [0.3, 0.4) is 0 Å². The molecule has 2 amide bonds. The van der Waals surface area contributed by atoms with Gasteiger partial charge >= 0.3 is 0 Å². The van der Waals surface area contributed by atoms with Crippen molar-refractivity contribution in [2.45, 2.75) is 19.9 Å². The molecule has 0 saturated carbocycles. The summed E-state index contributed by atoms with van der Waals surface area (Å²) in [5.41, 5.74) is 3.85. The van der Waals surface area contributed by atoms with Crippen molar-refractivity contribution in [3.63, 3.8) is 0 Å². The van der Waals surface area contributed by atoms with Crippen LogP contribution in [0.15, 0.2) is 77.3 Å². The van der Waals surface area contributed by atoms with Crippen molar-refractivity contribution in [1.82, 2.24) is 5.32 Å². The van der Waals surface area contributed by atoms with Crippen molar-refractivity contribution in [3.8, 4) is 0 Å². The minimum Gasteiger partial charge on any atom is -0.346 e. The van der Waals surface area contributed by atoms with Gasteiger partial charge in [0.25, 0.3) is 11.8 Å². The van der Waals surface area contributed by atoms with Crippen molar-refractivity contribution in [3.05, 3.63) is 99.5 Å². The molecule has 3 aromatic carbocycles. The Morgan fingerprint density at radius 3 is 2.14 bits per heavy atom. The number of hydrogen-bond acceptors (Lipinski definition) is 2. The maximum atomic E-state index is 12.4. The van der Waals surface area contributed by atoms with E-state index in [9.17, 15) is 9.59 Å². The third-order valence-electron chi connectivity index (χ3n) is 4.49. The van der Waals surface area contributed by atoms with Crippen LogP contribution in [0.1, 0.15) is 44.8 Å². The fourth-order valence-electron chi connectivity index (χ4n) is 2.75. The molecule has 1 unspecified atom stereocenters. The van der Waals surface area contributed by atoms with E-state index in [1.807, 2.05) is 50.2 Å². The van der Waals surface area contributed by atoms with Gasteiger partial charge < -0.3 is 10.6 Å². The molecule has 5 heteroatoms. The molecule has 0 aromatic heterocycles. The summed E-state index contributed by atoms with van der Waals surface area (Å²) in [6.45, 7) is 3.91. The lowest BCUT2D eigenvalue weighted by molar-refractivity contribution is 0.0939. The normalized spacial score (nSPS) is 11.5. The van der Waals surface area contributed by atoms with Crippen molar-refractivity contribution >= 4 is 33.4 Å². The van der Waals surface area contributed by atoms with E-state index in [2.05, 4.69) is 26.6 Å². The Bertz CT molecular complexity index is 985. The van der Waals surface area contributed by atoms with Crippen molar-refractivity contribution in [2.75, 3.05) is 5.32 Å². The second-order valence-corrected chi connectivity index (χ2v) is 7.46. The molecule has 142 valence electrons. The van der Waals surface area contributed by atoms with Crippen LogP contribution in [0.5, 0.6) is 0 Å². The molecule has 2 N–H and O–H groups in total. The molecule has 3 rings (SSSR count). The van der Waals surface area contributed by atoms with Gasteiger partial charge in [-0.2, -0.15) is 0 Å². The van der Waals surface area contributed by atoms with E-state index >= 15 is 0 Å². The SMILES string of the molecule is Cc1ccc(C(=O)Nc2ccc(C(=O)NC(C)c3ccccc3)cc2)cc1Br. The predicted octanol–water partition coefficient (Wildman–Crippen LogP) is 5.50. The second kappa shape index (κ2) is 8.85. The molecule has 0 aliphatic heterocycles. The van der Waals surface area contributed by atoms with Crippen LogP contribution in [0.25, 0.3) is 0 Å². The van der Waals surface area contributed by atoms with Gasteiger partial charge in [-0.15, -0.1) is 0 Å². The molecule has 0 radical (unpaired) electrons. The Balaban J connectivity index is 1.63. The summed E-state index contributed by atoms with van der Waals surface area (Å²) < 4.78 is 0.889. The first kappa shape index (κ1) is 19.8. The molecule has 0 aliphatic rings. The smallest absolute Gasteiger partial charge is 0.255 e. The maximum Gasteiger partial charge on any atom is 0.255 e. The van der Waals surface area contributed by atoms with Gasteiger partial charge in [0.2, 0.25) is 0 Å². The average Bonchev–Trinajstić information content (AvgIpc) is 2.71. The zero-order valence-electron chi connectivity index (χ0n) is 15.7. The van der Waals surface area contributed by atoms with E-state index < -0.39 is 0 Å². The third kappa shape index (κ3) is 4.87. The fraction of sp³-hybridized carbons (Fsp3) is 0.130. The number of aryl methyl sites for hydroxylation is 1. The molecule has 0 fully saturated rings. The van der Waals surface area contributed by atoms with Gasteiger partial charge in [-0.3, -0.25) is 9.59 Å². The number of hydrogen-bond donors (Lipinski definition) is 2. The summed E-state index contributed by atoms with van der Waals surface area (Å²) in [6, 6.07) is 22.0. The highest BCUT2D eigenvalue weighted by Crippen LogP contribution is 2.19. The number of nitrogens with one attached hydrogen (secondary N) is 2. The Labute approximate surface area is 173 Å². The van der Waals surface area contributed by atoms with Gasteiger partial charge in [-0.05, 0) is 61.4 Å². The van der Waals surface area contributed by atoms with Crippen LogP contribution >= 0.6 is 15.9 Å². The molecule has 28 heavy (non-hydrogen) atoms. The van der Waals surface area contributed by atoms with E-state index in [0.717, 1.165) is 15.6 Å². The minimum absolute atomic E-state index is 0.0898. The van der Waals surface area contributed by atoms with E-state index in [1.54, 1.807) is 36.4 Å². The van der Waals surface area contributed by atoms with Crippen LogP contribution in [0.2, 0.25) is 0 Å². The summed E-state index contributed by atoms with van der Waals surface area (Å²) in [7, 11) is 0. The lowest BCUT2D eigenvalue weighted by Crippen LogP contribution is -2.26. The molecule has 0 heterocycles. The Kier molecular flexibility index (Phi) is 6.26. The molecule has 0 bridgehead atoms. The topological polar surface area (TPSA) is 58.2 Å². The number of rotatable bonds is 5. The Morgan fingerprint density at radius 2 is 1.50 bits per heavy atom. The standard InChI is InChI=1S/C23H21BrN2O2/c1-15-8-9-19(14-21(15)24)23(28)26-20-12-10-18(11-13-20)22(27)25-16(2)17-6-4-3-5-7-17/h3-14,16H,1-2H3,(H,25,27)(H,26,28). The van der Waals surface area contributed by atoms with Crippen LogP contribution in [0.4, 0.5) is 5.69 Å². The van der Waals surface area contributed by atoms with Crippen LogP contribution < -0.4 is 10.6 Å². The van der Waals surface area contributed by atoms with E-state index in [4.69, 9.17) is 0 Å². The summed E-state index contributed by atoms with van der Waals surface area (Å²) in [4.78, 5) is 24.8. The fourth-order valence-corrected chi connectivity index (χ4v) is 3.13. The van der Waals surface area contributed by atoms with E-state index in [1.165, 1.54) is 0 Å². The Morgan fingerprint density at radius 1 is 0.857 bits per heavy atom. The molecular formula is C23H21BrN2O2. The average molecular weight is 437 g/mol. The summed E-state index contributed by atoms with van der Waals surface area (Å²) in [5, 5.41) is 5.82. The van der Waals surface area contributed by atoms with Crippen LogP contribution in [-0.4, -0.2) is 11.8 Å². The van der Waals surface area contributed by atoms with Crippen molar-refractivity contribution in [1.29, 1.82) is 0 Å². The molecule has 4 nitrogen and oxygen atoms in total. The molecule has 0 aliphatic carbocycles. The number of halogens is 1. The summed E-state index contributed by atoms with van der Waals surface area (Å²) in [6.07, 6.45) is 0. The van der Waals surface area contributed by atoms with Gasteiger partial charge in [0.15, 0.2) is 0 Å². The minimum atomic E-state index is -0.199.